The molecule has 1 fully saturated rings. The molecule has 7 rings (SSSR count). The van der Waals surface area contributed by atoms with E-state index in [1.165, 1.54) is 10.8 Å². The van der Waals surface area contributed by atoms with E-state index < -0.39 is 0 Å². The first-order valence-corrected chi connectivity index (χ1v) is 13.2. The van der Waals surface area contributed by atoms with Crippen LogP contribution in [0.2, 0.25) is 0 Å². The molecule has 0 aliphatic carbocycles. The van der Waals surface area contributed by atoms with Crippen molar-refractivity contribution >= 4 is 21.9 Å². The number of fused-ring (bicyclic) bond motifs is 2. The number of para-hydroxylation sites is 1. The molecule has 0 spiro atoms. The lowest BCUT2D eigenvalue weighted by Crippen LogP contribution is -2.29. The number of nitrogens with one attached hydrogen (secondary N) is 1. The van der Waals surface area contributed by atoms with E-state index in [0.29, 0.717) is 6.04 Å². The van der Waals surface area contributed by atoms with Crippen molar-refractivity contribution in [3.8, 4) is 34.0 Å². The maximum absolute atomic E-state index is 6.15. The minimum absolute atomic E-state index is 0.342. The zero-order chi connectivity index (χ0) is 25.3. The van der Waals surface area contributed by atoms with Crippen molar-refractivity contribution in [2.75, 3.05) is 13.1 Å². The van der Waals surface area contributed by atoms with Gasteiger partial charge in [0.1, 0.15) is 22.8 Å². The Bertz CT molecular complexity index is 1740. The summed E-state index contributed by atoms with van der Waals surface area (Å²) in [5.74, 6) is 2.55. The van der Waals surface area contributed by atoms with Gasteiger partial charge < -0.3 is 14.6 Å². The number of aromatic nitrogens is 3. The Balaban J connectivity index is 1.33. The molecule has 0 radical (unpaired) electrons. The van der Waals surface area contributed by atoms with E-state index >= 15 is 0 Å². The van der Waals surface area contributed by atoms with E-state index in [0.717, 1.165) is 71.1 Å². The number of rotatable bonds is 5. The highest BCUT2D eigenvalue weighted by molar-refractivity contribution is 5.89. The van der Waals surface area contributed by atoms with Gasteiger partial charge in [-0.1, -0.05) is 66.7 Å². The van der Waals surface area contributed by atoms with Crippen LogP contribution in [-0.4, -0.2) is 27.6 Å². The van der Waals surface area contributed by atoms with Crippen molar-refractivity contribution in [3.05, 3.63) is 109 Å². The van der Waals surface area contributed by atoms with Crippen LogP contribution in [0.5, 0.6) is 11.5 Å². The molecule has 1 saturated heterocycles. The van der Waals surface area contributed by atoms with E-state index in [-0.39, 0.29) is 0 Å². The maximum Gasteiger partial charge on any atom is 0.160 e. The molecule has 3 heterocycles. The first-order valence-electron chi connectivity index (χ1n) is 13.2. The van der Waals surface area contributed by atoms with Gasteiger partial charge in [0.05, 0.1) is 0 Å². The lowest BCUT2D eigenvalue weighted by molar-refractivity contribution is 0.376. The van der Waals surface area contributed by atoms with Gasteiger partial charge in [-0.05, 0) is 78.7 Å². The normalized spacial score (nSPS) is 14.2. The van der Waals surface area contributed by atoms with Gasteiger partial charge in [0.15, 0.2) is 5.65 Å². The third-order valence-corrected chi connectivity index (χ3v) is 7.36. The Morgan fingerprint density at radius 3 is 2.34 bits per heavy atom. The molecule has 1 N–H and O–H groups in total. The molecule has 4 aromatic carbocycles. The zero-order valence-corrected chi connectivity index (χ0v) is 21.0. The van der Waals surface area contributed by atoms with Crippen LogP contribution in [0.25, 0.3) is 44.5 Å². The Morgan fingerprint density at radius 1 is 0.684 bits per heavy atom. The summed E-state index contributed by atoms with van der Waals surface area (Å²) in [4.78, 5) is 10.2. The van der Waals surface area contributed by atoms with E-state index in [1.807, 2.05) is 48.7 Å². The number of imidazole rings is 1. The van der Waals surface area contributed by atoms with Crippen molar-refractivity contribution in [3.63, 3.8) is 0 Å². The molecule has 5 heteroatoms. The highest BCUT2D eigenvalue weighted by Crippen LogP contribution is 2.35. The number of benzene rings is 4. The molecular weight excluding hydrogens is 468 g/mol. The lowest BCUT2D eigenvalue weighted by atomic mass is 10.0. The fourth-order valence-electron chi connectivity index (χ4n) is 5.45. The van der Waals surface area contributed by atoms with E-state index in [2.05, 4.69) is 70.5 Å². The van der Waals surface area contributed by atoms with Crippen LogP contribution in [-0.2, 0) is 0 Å². The molecule has 0 atom stereocenters. The van der Waals surface area contributed by atoms with Crippen LogP contribution < -0.4 is 10.1 Å². The van der Waals surface area contributed by atoms with Crippen LogP contribution in [0.1, 0.15) is 18.9 Å². The molecule has 2 aromatic heterocycles. The molecule has 1 aliphatic rings. The average Bonchev–Trinajstić information content (AvgIpc) is 3.37. The minimum atomic E-state index is 0.342. The fourth-order valence-corrected chi connectivity index (χ4v) is 5.45. The minimum Gasteiger partial charge on any atom is -0.457 e. The first-order chi connectivity index (χ1) is 18.8. The molecule has 5 nitrogen and oxygen atoms in total. The molecule has 0 bridgehead atoms. The van der Waals surface area contributed by atoms with E-state index in [9.17, 15) is 0 Å². The third-order valence-electron chi connectivity index (χ3n) is 7.36. The number of nitrogens with zero attached hydrogens (tertiary/aromatic N) is 3. The smallest absolute Gasteiger partial charge is 0.160 e. The number of hydrogen-bond donors (Lipinski definition) is 1. The second kappa shape index (κ2) is 9.77. The molecule has 38 heavy (non-hydrogen) atoms. The monoisotopic (exact) mass is 496 g/mol. The summed E-state index contributed by atoms with van der Waals surface area (Å²) in [6, 6.07) is 35.6. The summed E-state index contributed by atoms with van der Waals surface area (Å²) in [6.07, 6.45) is 4.09. The summed E-state index contributed by atoms with van der Waals surface area (Å²) in [5.41, 5.74) is 5.10. The van der Waals surface area contributed by atoms with E-state index in [4.69, 9.17) is 14.7 Å². The second-order valence-electron chi connectivity index (χ2n) is 9.86. The molecule has 0 unspecified atom stereocenters. The summed E-state index contributed by atoms with van der Waals surface area (Å²) < 4.78 is 8.50. The average molecular weight is 497 g/mol. The number of hydrogen-bond acceptors (Lipinski definition) is 4. The van der Waals surface area contributed by atoms with Gasteiger partial charge in [-0.3, -0.25) is 0 Å². The topological polar surface area (TPSA) is 52.0 Å². The maximum atomic E-state index is 6.15. The van der Waals surface area contributed by atoms with Crippen LogP contribution in [0.15, 0.2) is 109 Å². The highest BCUT2D eigenvalue weighted by Gasteiger charge is 2.23. The molecular formula is C33H28N4O. The largest absolute Gasteiger partial charge is 0.457 e. The number of ether oxygens (including phenoxy) is 1. The van der Waals surface area contributed by atoms with Gasteiger partial charge >= 0.3 is 0 Å². The van der Waals surface area contributed by atoms with Crippen LogP contribution in [0, 0.1) is 0 Å². The van der Waals surface area contributed by atoms with Crippen molar-refractivity contribution < 1.29 is 4.74 Å². The predicted molar refractivity (Wildman–Crippen MR) is 154 cm³/mol. The highest BCUT2D eigenvalue weighted by atomic mass is 16.5. The van der Waals surface area contributed by atoms with Crippen LogP contribution in [0.3, 0.4) is 0 Å². The fraction of sp³-hybridized carbons (Fsp3) is 0.152. The van der Waals surface area contributed by atoms with Crippen LogP contribution >= 0.6 is 0 Å². The van der Waals surface area contributed by atoms with Crippen molar-refractivity contribution in [1.82, 2.24) is 19.9 Å². The first kappa shape index (κ1) is 22.7. The third kappa shape index (κ3) is 4.31. The molecule has 1 aliphatic heterocycles. The van der Waals surface area contributed by atoms with Crippen molar-refractivity contribution in [2.45, 2.75) is 18.9 Å². The standard InChI is InChI=1S/C33H28N4O/c1-2-10-29(11-3-1)38-30-12-6-9-26(20-30)32-36-31-21-27(25-14-13-23-7-4-5-8-24(23)19-25)22-35-33(31)37(32)28-15-17-34-18-16-28/h1-14,19-22,28,34H,15-18H2. The molecule has 0 amide bonds. The summed E-state index contributed by atoms with van der Waals surface area (Å²) in [7, 11) is 0. The summed E-state index contributed by atoms with van der Waals surface area (Å²) in [5, 5.41) is 5.95. The van der Waals surface area contributed by atoms with Gasteiger partial charge in [0, 0.05) is 23.4 Å². The molecule has 6 aromatic rings. The van der Waals surface area contributed by atoms with Crippen LogP contribution in [0.4, 0.5) is 0 Å². The SMILES string of the molecule is c1ccc(Oc2cccc(-c3nc4cc(-c5ccc6ccccc6c5)cnc4n3C3CCNCC3)c2)cc1. The Morgan fingerprint density at radius 2 is 1.47 bits per heavy atom. The Labute approximate surface area is 221 Å². The number of pyridine rings is 1. The molecule has 186 valence electrons. The Hall–Kier alpha value is -4.48. The van der Waals surface area contributed by atoms with Gasteiger partial charge in [-0.2, -0.15) is 0 Å². The zero-order valence-electron chi connectivity index (χ0n) is 21.0. The molecule has 0 saturated carbocycles. The van der Waals surface area contributed by atoms with Gasteiger partial charge in [0.2, 0.25) is 0 Å². The number of piperidine rings is 1. The van der Waals surface area contributed by atoms with E-state index in [1.54, 1.807) is 0 Å². The van der Waals surface area contributed by atoms with Gasteiger partial charge in [-0.25, -0.2) is 9.97 Å². The predicted octanol–water partition coefficient (Wildman–Crippen LogP) is 7.64. The quantitative estimate of drug-likeness (QED) is 0.266. The summed E-state index contributed by atoms with van der Waals surface area (Å²) >= 11 is 0. The van der Waals surface area contributed by atoms with Gasteiger partial charge in [-0.15, -0.1) is 0 Å². The van der Waals surface area contributed by atoms with Crippen molar-refractivity contribution in [1.29, 1.82) is 0 Å². The van der Waals surface area contributed by atoms with Gasteiger partial charge in [0.25, 0.3) is 0 Å². The lowest BCUT2D eigenvalue weighted by Gasteiger charge is -2.26. The van der Waals surface area contributed by atoms with Crippen molar-refractivity contribution in [2.24, 2.45) is 0 Å². The summed E-state index contributed by atoms with van der Waals surface area (Å²) in [6.45, 7) is 1.99. The Kier molecular flexibility index (Phi) is 5.83. The second-order valence-corrected chi connectivity index (χ2v) is 9.86.